The third-order valence-electron chi connectivity index (χ3n) is 10.5. The Bertz CT molecular complexity index is 1680. The Morgan fingerprint density at radius 1 is 0.925 bits per heavy atom. The molecule has 3 aliphatic rings. The molecule has 1 aliphatic heterocycles. The van der Waals surface area contributed by atoms with Gasteiger partial charge in [0.05, 0.1) is 24.9 Å². The quantitative estimate of drug-likeness (QED) is 0.107. The highest BCUT2D eigenvalue weighted by Gasteiger charge is 2.48. The third-order valence-corrected chi connectivity index (χ3v) is 11.2. The second kappa shape index (κ2) is 18.2. The minimum absolute atomic E-state index is 0.162. The van der Waals surface area contributed by atoms with Gasteiger partial charge < -0.3 is 44.6 Å². The SMILES string of the molecule is O=C(C1CCOCC1)N(CCCCc1cc(Cl)c(COC2(c3cnccc3-c3ccccc3OC3CC3)CC2)cc1Cl)C[C@@H](O)[C@H](O)[C@@H](O)[C@@H](O)CO. The van der Waals surface area contributed by atoms with E-state index < -0.39 is 36.6 Å². The summed E-state index contributed by atoms with van der Waals surface area (Å²) in [7, 11) is 0. The van der Waals surface area contributed by atoms with E-state index in [1.165, 1.54) is 4.90 Å². The van der Waals surface area contributed by atoms with Gasteiger partial charge in [0.1, 0.15) is 30.2 Å². The minimum atomic E-state index is -1.77. The number of carbonyl (C=O) groups is 1. The van der Waals surface area contributed by atoms with Crippen LogP contribution in [0.5, 0.6) is 5.75 Å². The van der Waals surface area contributed by atoms with Crippen molar-refractivity contribution in [3.8, 4) is 16.9 Å². The van der Waals surface area contributed by atoms with Crippen molar-refractivity contribution in [2.24, 2.45) is 5.92 Å². The second-order valence-corrected chi connectivity index (χ2v) is 15.3. The molecule has 11 nitrogen and oxygen atoms in total. The number of carbonyl (C=O) groups excluding carboxylic acids is 1. The van der Waals surface area contributed by atoms with Crippen LogP contribution in [0.15, 0.2) is 54.9 Å². The molecule has 0 unspecified atom stereocenters. The largest absolute Gasteiger partial charge is 0.490 e. The van der Waals surface area contributed by atoms with Gasteiger partial charge in [-0.05, 0) is 98.7 Å². The average molecular weight is 774 g/mol. The van der Waals surface area contributed by atoms with E-state index in [2.05, 4.69) is 11.1 Å². The number of amides is 1. The summed E-state index contributed by atoms with van der Waals surface area (Å²) < 4.78 is 18.3. The van der Waals surface area contributed by atoms with Gasteiger partial charge in [-0.3, -0.25) is 9.78 Å². The van der Waals surface area contributed by atoms with E-state index in [0.29, 0.717) is 61.9 Å². The number of hydrogen-bond acceptors (Lipinski definition) is 10. The number of aryl methyl sites for hydroxylation is 1. The van der Waals surface area contributed by atoms with Crippen LogP contribution in [0.3, 0.4) is 0 Å². The van der Waals surface area contributed by atoms with E-state index in [1.807, 2.05) is 42.6 Å². The number of unbranched alkanes of at least 4 members (excludes halogenated alkanes) is 1. The van der Waals surface area contributed by atoms with Gasteiger partial charge in [-0.1, -0.05) is 41.4 Å². The molecule has 13 heteroatoms. The summed E-state index contributed by atoms with van der Waals surface area (Å²) in [5, 5.41) is 51.2. The number of pyridine rings is 1. The second-order valence-electron chi connectivity index (χ2n) is 14.5. The molecule has 53 heavy (non-hydrogen) atoms. The molecule has 6 rings (SSSR count). The number of nitrogens with zero attached hydrogens (tertiary/aromatic N) is 2. The van der Waals surface area contributed by atoms with Crippen LogP contribution in [-0.4, -0.2) is 105 Å². The maximum Gasteiger partial charge on any atom is 0.225 e. The van der Waals surface area contributed by atoms with Gasteiger partial charge in [0.15, 0.2) is 0 Å². The van der Waals surface area contributed by atoms with Crippen molar-refractivity contribution in [3.63, 3.8) is 0 Å². The summed E-state index contributed by atoms with van der Waals surface area (Å²) in [5.41, 5.74) is 4.25. The molecule has 2 aromatic carbocycles. The first-order chi connectivity index (χ1) is 25.6. The topological polar surface area (TPSA) is 162 Å². The van der Waals surface area contributed by atoms with Gasteiger partial charge in [-0.15, -0.1) is 0 Å². The lowest BCUT2D eigenvalue weighted by atomic mass is 9.96. The first-order valence-electron chi connectivity index (χ1n) is 18.6. The molecule has 1 saturated heterocycles. The maximum absolute atomic E-state index is 13.5. The number of aliphatic hydroxyl groups excluding tert-OH is 5. The molecular weight excluding hydrogens is 723 g/mol. The Morgan fingerprint density at radius 2 is 1.62 bits per heavy atom. The summed E-state index contributed by atoms with van der Waals surface area (Å²) in [6, 6.07) is 13.8. The molecule has 1 aromatic heterocycles. The Hall–Kier alpha value is -2.84. The van der Waals surface area contributed by atoms with E-state index in [-0.39, 0.29) is 31.1 Å². The fourth-order valence-electron chi connectivity index (χ4n) is 6.91. The normalized spacial score (nSPS) is 19.3. The predicted octanol–water partition coefficient (Wildman–Crippen LogP) is 4.82. The zero-order chi connectivity index (χ0) is 37.5. The van der Waals surface area contributed by atoms with E-state index in [0.717, 1.165) is 59.3 Å². The monoisotopic (exact) mass is 772 g/mol. The first kappa shape index (κ1) is 39.8. The maximum atomic E-state index is 13.5. The van der Waals surface area contributed by atoms with Crippen LogP contribution in [0.25, 0.3) is 11.1 Å². The van der Waals surface area contributed by atoms with Gasteiger partial charge in [0.2, 0.25) is 5.91 Å². The Balaban J connectivity index is 1.06. The molecule has 2 heterocycles. The van der Waals surface area contributed by atoms with Gasteiger partial charge >= 0.3 is 0 Å². The van der Waals surface area contributed by atoms with Gasteiger partial charge in [-0.2, -0.15) is 0 Å². The van der Waals surface area contributed by atoms with Crippen molar-refractivity contribution in [3.05, 3.63) is 81.6 Å². The average Bonchev–Trinajstić information content (AvgIpc) is 4.13. The predicted molar refractivity (Wildman–Crippen MR) is 200 cm³/mol. The molecule has 3 aromatic rings. The molecule has 4 atom stereocenters. The van der Waals surface area contributed by atoms with Gasteiger partial charge in [0, 0.05) is 65.8 Å². The van der Waals surface area contributed by atoms with Crippen molar-refractivity contribution in [2.45, 2.75) is 101 Å². The van der Waals surface area contributed by atoms with E-state index in [9.17, 15) is 25.2 Å². The zero-order valence-corrected chi connectivity index (χ0v) is 31.3. The molecule has 0 radical (unpaired) electrons. The Labute approximate surface area is 320 Å². The standard InChI is InChI=1S/C40H50Cl2N2O9/c41-32-20-27(24-52-40(13-14-40)31-21-43-15-10-29(31)30-6-1-2-7-36(30)53-28-8-9-28)33(42)19-26(32)5-3-4-16-44(39(50)25-11-17-51-18-12-25)22-34(46)37(48)38(49)35(47)23-45/h1-2,6-7,10,15,19-21,25,28,34-35,37-38,45-49H,3-5,8-9,11-14,16-18,22-24H2/t34-,35+,37+,38+/m1/s1. The Morgan fingerprint density at radius 3 is 2.34 bits per heavy atom. The zero-order valence-electron chi connectivity index (χ0n) is 29.8. The number of ether oxygens (including phenoxy) is 3. The van der Waals surface area contributed by atoms with Crippen LogP contribution < -0.4 is 4.74 Å². The lowest BCUT2D eigenvalue weighted by Crippen LogP contribution is -2.51. The highest BCUT2D eigenvalue weighted by molar-refractivity contribution is 6.34. The summed E-state index contributed by atoms with van der Waals surface area (Å²) in [5.74, 6) is 0.430. The molecule has 2 aliphatic carbocycles. The summed E-state index contributed by atoms with van der Waals surface area (Å²) >= 11 is 13.6. The smallest absolute Gasteiger partial charge is 0.225 e. The van der Waals surface area contributed by atoms with Crippen molar-refractivity contribution < 1.29 is 44.5 Å². The molecule has 2 saturated carbocycles. The van der Waals surface area contributed by atoms with Crippen LogP contribution in [0.2, 0.25) is 10.0 Å². The molecule has 5 N–H and O–H groups in total. The fourth-order valence-corrected chi connectivity index (χ4v) is 7.43. The van der Waals surface area contributed by atoms with Crippen molar-refractivity contribution in [1.82, 2.24) is 9.88 Å². The summed E-state index contributed by atoms with van der Waals surface area (Å²) in [6.45, 7) is 0.478. The fraction of sp³-hybridized carbons (Fsp3) is 0.550. The van der Waals surface area contributed by atoms with E-state index in [1.54, 1.807) is 6.20 Å². The molecule has 288 valence electrons. The van der Waals surface area contributed by atoms with Crippen LogP contribution >= 0.6 is 23.2 Å². The van der Waals surface area contributed by atoms with Crippen LogP contribution in [0, 0.1) is 5.92 Å². The first-order valence-corrected chi connectivity index (χ1v) is 19.4. The molecule has 0 bridgehead atoms. The summed E-state index contributed by atoms with van der Waals surface area (Å²) in [4.78, 5) is 19.4. The number of benzene rings is 2. The molecule has 0 spiro atoms. The van der Waals surface area contributed by atoms with Crippen molar-refractivity contribution in [1.29, 1.82) is 0 Å². The minimum Gasteiger partial charge on any atom is -0.490 e. The molecular formula is C40H50Cl2N2O9. The van der Waals surface area contributed by atoms with E-state index >= 15 is 0 Å². The van der Waals surface area contributed by atoms with Crippen LogP contribution in [-0.2, 0) is 32.9 Å². The van der Waals surface area contributed by atoms with Gasteiger partial charge in [-0.25, -0.2) is 0 Å². The molecule has 1 amide bonds. The summed E-state index contributed by atoms with van der Waals surface area (Å²) in [6.07, 6.45) is 4.08. The lowest BCUT2D eigenvalue weighted by Gasteiger charge is -2.33. The Kier molecular flexibility index (Phi) is 13.7. The number of aromatic nitrogens is 1. The lowest BCUT2D eigenvalue weighted by molar-refractivity contribution is -0.145. The number of aliphatic hydroxyl groups is 5. The molecule has 3 fully saturated rings. The van der Waals surface area contributed by atoms with Crippen molar-refractivity contribution >= 4 is 29.1 Å². The highest BCUT2D eigenvalue weighted by Crippen LogP contribution is 2.53. The van der Waals surface area contributed by atoms with Crippen molar-refractivity contribution in [2.75, 3.05) is 32.9 Å². The number of hydrogen-bond donors (Lipinski definition) is 5. The van der Waals surface area contributed by atoms with E-state index in [4.69, 9.17) is 42.5 Å². The highest BCUT2D eigenvalue weighted by atomic mass is 35.5. The third kappa shape index (κ3) is 10.1. The number of halogens is 2. The number of rotatable bonds is 19. The van der Waals surface area contributed by atoms with Crippen LogP contribution in [0.1, 0.15) is 68.1 Å². The van der Waals surface area contributed by atoms with Gasteiger partial charge in [0.25, 0.3) is 0 Å². The van der Waals surface area contributed by atoms with Crippen LogP contribution in [0.4, 0.5) is 0 Å². The number of para-hydroxylation sites is 1.